The average molecular weight is 748 g/mol. The van der Waals surface area contributed by atoms with E-state index in [-0.39, 0.29) is 35.5 Å². The van der Waals surface area contributed by atoms with E-state index < -0.39 is 33.3 Å². The fraction of sp³-hybridized carbons (Fsp3) is 0.475. The van der Waals surface area contributed by atoms with Gasteiger partial charge in [0.1, 0.15) is 6.54 Å². The van der Waals surface area contributed by atoms with Crippen LogP contribution in [0.3, 0.4) is 0 Å². The van der Waals surface area contributed by atoms with E-state index in [1.807, 2.05) is 13.8 Å². The Bertz CT molecular complexity index is 1960. The number of carbonyl (C=O) groups excluding carboxylic acids is 4. The number of imide groups is 1. The molecule has 2 aromatic carbocycles. The fourth-order valence-electron chi connectivity index (χ4n) is 7.55. The highest BCUT2D eigenvalue weighted by atomic mass is 32.2. The van der Waals surface area contributed by atoms with E-state index >= 15 is 0 Å². The Kier molecular flexibility index (Phi) is 12.1. The summed E-state index contributed by atoms with van der Waals surface area (Å²) in [6.45, 7) is 9.89. The Morgan fingerprint density at radius 2 is 1.58 bits per heavy atom. The van der Waals surface area contributed by atoms with Crippen molar-refractivity contribution in [1.29, 1.82) is 0 Å². The first-order valence-corrected chi connectivity index (χ1v) is 19.8. The van der Waals surface area contributed by atoms with Gasteiger partial charge >= 0.3 is 5.97 Å². The topological polar surface area (TPSA) is 153 Å². The van der Waals surface area contributed by atoms with Crippen molar-refractivity contribution < 1.29 is 41.6 Å². The number of carbonyl (C=O) groups is 4. The number of unbranched alkanes of at least 4 members (excludes halogenated alkanes) is 4. The van der Waals surface area contributed by atoms with Crippen molar-refractivity contribution in [2.45, 2.75) is 108 Å². The van der Waals surface area contributed by atoms with Crippen LogP contribution in [0.25, 0.3) is 0 Å². The maximum absolute atomic E-state index is 12.3. The van der Waals surface area contributed by atoms with Crippen LogP contribution in [-0.4, -0.2) is 72.1 Å². The zero-order valence-electron chi connectivity index (χ0n) is 31.3. The number of nitrogens with one attached hydrogen (secondary N) is 1. The van der Waals surface area contributed by atoms with E-state index in [1.54, 1.807) is 13.1 Å². The Morgan fingerprint density at radius 3 is 2.28 bits per heavy atom. The van der Waals surface area contributed by atoms with Crippen LogP contribution in [0.4, 0.5) is 11.4 Å². The predicted molar refractivity (Wildman–Crippen MR) is 201 cm³/mol. The molecule has 2 aromatic rings. The van der Waals surface area contributed by atoms with Crippen molar-refractivity contribution in [2.24, 2.45) is 0 Å². The monoisotopic (exact) mass is 747 g/mol. The second kappa shape index (κ2) is 16.2. The first kappa shape index (κ1) is 39.6. The van der Waals surface area contributed by atoms with Crippen LogP contribution in [0.5, 0.6) is 0 Å². The molecule has 12 nitrogen and oxygen atoms in total. The summed E-state index contributed by atoms with van der Waals surface area (Å²) < 4.78 is 36.3. The summed E-state index contributed by atoms with van der Waals surface area (Å²) >= 11 is 0. The molecule has 3 heterocycles. The Morgan fingerprint density at radius 1 is 0.906 bits per heavy atom. The van der Waals surface area contributed by atoms with Gasteiger partial charge in [0.15, 0.2) is 5.71 Å². The third kappa shape index (κ3) is 8.62. The number of hydroxylamine groups is 2. The normalized spacial score (nSPS) is 18.3. The summed E-state index contributed by atoms with van der Waals surface area (Å²) in [6.07, 6.45) is 11.5. The second-order valence-corrected chi connectivity index (χ2v) is 16.3. The van der Waals surface area contributed by atoms with E-state index in [4.69, 9.17) is 4.84 Å². The zero-order chi connectivity index (χ0) is 38.6. The lowest BCUT2D eigenvalue weighted by Gasteiger charge is -2.27. The maximum atomic E-state index is 12.3. The summed E-state index contributed by atoms with van der Waals surface area (Å²) in [6, 6.07) is 13.1. The fourth-order valence-corrected chi connectivity index (χ4v) is 8.05. The molecule has 2 N–H and O–H groups in total. The lowest BCUT2D eigenvalue weighted by Crippen LogP contribution is -2.31. The molecular weight excluding hydrogens is 697 g/mol. The van der Waals surface area contributed by atoms with Crippen LogP contribution in [-0.2, 0) is 45.0 Å². The molecule has 0 saturated carbocycles. The van der Waals surface area contributed by atoms with Crippen LogP contribution < -0.4 is 10.2 Å². The maximum Gasteiger partial charge on any atom is 0.333 e. The molecule has 5 rings (SSSR count). The van der Waals surface area contributed by atoms with Crippen LogP contribution in [0.1, 0.15) is 103 Å². The molecule has 0 atom stereocenters. The molecule has 53 heavy (non-hydrogen) atoms. The number of hydrogen-bond donors (Lipinski definition) is 2. The Labute approximate surface area is 312 Å². The number of amides is 3. The molecule has 0 aromatic heterocycles. The molecule has 0 spiro atoms. The van der Waals surface area contributed by atoms with E-state index in [2.05, 4.69) is 71.1 Å². The number of anilines is 1. The highest BCUT2D eigenvalue weighted by molar-refractivity contribution is 7.85. The number of hydrogen-bond acceptors (Lipinski definition) is 8. The van der Waals surface area contributed by atoms with Crippen LogP contribution >= 0.6 is 0 Å². The number of nitrogens with zero attached hydrogens (tertiary/aromatic N) is 3. The molecule has 0 aliphatic carbocycles. The van der Waals surface area contributed by atoms with Gasteiger partial charge in [-0.1, -0.05) is 44.5 Å². The minimum atomic E-state index is -4.42. The van der Waals surface area contributed by atoms with Gasteiger partial charge in [-0.25, -0.2) is 4.79 Å². The number of para-hydroxylation sites is 1. The van der Waals surface area contributed by atoms with Gasteiger partial charge in [0, 0.05) is 80.2 Å². The van der Waals surface area contributed by atoms with Gasteiger partial charge in [-0.05, 0) is 69.4 Å². The molecule has 0 bridgehead atoms. The minimum Gasteiger partial charge on any atom is -0.359 e. The predicted octanol–water partition coefficient (Wildman–Crippen LogP) is 6.02. The van der Waals surface area contributed by atoms with E-state index in [0.29, 0.717) is 37.3 Å². The number of allylic oxidation sites excluding steroid dienone is 4. The SMILES string of the molecule is CNC(=O)CCCCCN1C(=CC=CC2=[N+](CCCCCC(=O)ON3C(=O)CCC3=O)c3ccc(S(=O)(=O)O)cc3C2(C)C)C(C)(C)c2ccccc21. The quantitative estimate of drug-likeness (QED) is 0.0909. The molecule has 1 fully saturated rings. The third-order valence-electron chi connectivity index (χ3n) is 10.5. The van der Waals surface area contributed by atoms with Gasteiger partial charge in [0.2, 0.25) is 11.6 Å². The Hall–Kier alpha value is -4.62. The van der Waals surface area contributed by atoms with E-state index in [9.17, 15) is 32.1 Å². The van der Waals surface area contributed by atoms with Gasteiger partial charge in [0.25, 0.3) is 21.9 Å². The van der Waals surface area contributed by atoms with Crippen molar-refractivity contribution in [1.82, 2.24) is 10.4 Å². The summed E-state index contributed by atoms with van der Waals surface area (Å²) in [7, 11) is -2.76. The van der Waals surface area contributed by atoms with Crippen molar-refractivity contribution in [3.8, 4) is 0 Å². The van der Waals surface area contributed by atoms with Gasteiger partial charge in [-0.15, -0.1) is 5.06 Å². The molecule has 0 unspecified atom stereocenters. The van der Waals surface area contributed by atoms with Crippen molar-refractivity contribution in [3.63, 3.8) is 0 Å². The summed E-state index contributed by atoms with van der Waals surface area (Å²) in [5.74, 6) is -1.59. The van der Waals surface area contributed by atoms with Crippen molar-refractivity contribution in [3.05, 3.63) is 77.5 Å². The van der Waals surface area contributed by atoms with Crippen molar-refractivity contribution in [2.75, 3.05) is 25.0 Å². The summed E-state index contributed by atoms with van der Waals surface area (Å²) in [5, 5.41) is 3.25. The summed E-state index contributed by atoms with van der Waals surface area (Å²) in [4.78, 5) is 54.8. The molecular formula is C40H51N4O8S+. The summed E-state index contributed by atoms with van der Waals surface area (Å²) in [5.41, 5.74) is 5.27. The molecule has 3 amide bonds. The van der Waals surface area contributed by atoms with Crippen LogP contribution in [0, 0.1) is 0 Å². The lowest BCUT2D eigenvalue weighted by atomic mass is 9.81. The molecule has 0 radical (unpaired) electrons. The molecule has 1 saturated heterocycles. The van der Waals surface area contributed by atoms with Crippen LogP contribution in [0.2, 0.25) is 0 Å². The van der Waals surface area contributed by atoms with Gasteiger partial charge < -0.3 is 15.1 Å². The van der Waals surface area contributed by atoms with Gasteiger partial charge in [-0.3, -0.25) is 18.9 Å². The smallest absolute Gasteiger partial charge is 0.333 e. The first-order valence-electron chi connectivity index (χ1n) is 18.4. The first-order chi connectivity index (χ1) is 25.1. The molecule has 3 aliphatic rings. The Balaban J connectivity index is 1.37. The molecule has 13 heteroatoms. The van der Waals surface area contributed by atoms with Crippen LogP contribution in [0.15, 0.2) is 71.3 Å². The number of rotatable bonds is 16. The second-order valence-electron chi connectivity index (χ2n) is 14.9. The number of fused-ring (bicyclic) bond motifs is 2. The number of benzene rings is 2. The largest absolute Gasteiger partial charge is 0.359 e. The third-order valence-corrected chi connectivity index (χ3v) is 11.3. The lowest BCUT2D eigenvalue weighted by molar-refractivity contribution is -0.438. The van der Waals surface area contributed by atoms with Gasteiger partial charge in [0.05, 0.1) is 10.3 Å². The van der Waals surface area contributed by atoms with E-state index in [1.165, 1.54) is 23.4 Å². The zero-order valence-corrected chi connectivity index (χ0v) is 32.1. The van der Waals surface area contributed by atoms with Gasteiger partial charge in [-0.2, -0.15) is 13.0 Å². The van der Waals surface area contributed by atoms with Crippen molar-refractivity contribution >= 4 is 50.9 Å². The minimum absolute atomic E-state index is 0.0427. The standard InChI is InChI=1S/C40H50N4O8S/c1-39(2)29-15-10-11-16-31(29)42(25-12-6-8-19-35(45)41-5)33(39)17-14-18-34-40(3,4)30-27-28(53(49,50)51)21-22-32(30)43(34)26-13-7-9-20-38(48)52-44-36(46)23-24-37(44)47/h10-11,14-18,21-22,27H,6-9,12-13,19-20,23-26H2,1-5H3,(H-,41,45,49,50,51)/p+1. The molecule has 3 aliphatic heterocycles. The highest BCUT2D eigenvalue weighted by Gasteiger charge is 2.45. The average Bonchev–Trinajstić information content (AvgIpc) is 3.62. The van der Waals surface area contributed by atoms with E-state index in [0.717, 1.165) is 48.5 Å². The molecule has 284 valence electrons. The highest BCUT2D eigenvalue weighted by Crippen LogP contribution is 2.48.